The van der Waals surface area contributed by atoms with Gasteiger partial charge in [0.2, 0.25) is 0 Å². The molecule has 1 saturated heterocycles. The summed E-state index contributed by atoms with van der Waals surface area (Å²) in [6.45, 7) is 4.55. The van der Waals surface area contributed by atoms with Crippen molar-refractivity contribution in [2.24, 2.45) is 0 Å². The monoisotopic (exact) mass is 281 g/mol. The Hall–Kier alpha value is -1.56. The number of esters is 1. The van der Waals surface area contributed by atoms with Gasteiger partial charge in [0.15, 0.2) is 0 Å². The Kier molecular flexibility index (Phi) is 5.40. The summed E-state index contributed by atoms with van der Waals surface area (Å²) >= 11 is 0. The van der Waals surface area contributed by atoms with E-state index in [9.17, 15) is 4.79 Å². The number of nitrogens with one attached hydrogen (secondary N) is 2. The molecule has 0 aromatic carbocycles. The van der Waals surface area contributed by atoms with Gasteiger partial charge < -0.3 is 19.7 Å². The van der Waals surface area contributed by atoms with E-state index >= 15 is 0 Å². The van der Waals surface area contributed by atoms with Gasteiger partial charge in [0.1, 0.15) is 11.4 Å². The van der Waals surface area contributed by atoms with Gasteiger partial charge in [-0.3, -0.25) is 5.41 Å². The van der Waals surface area contributed by atoms with Gasteiger partial charge >= 0.3 is 5.97 Å². The van der Waals surface area contributed by atoms with Crippen LogP contribution in [0.3, 0.4) is 0 Å². The van der Waals surface area contributed by atoms with Crippen molar-refractivity contribution in [2.45, 2.75) is 32.2 Å². The summed E-state index contributed by atoms with van der Waals surface area (Å²) in [4.78, 5) is 13.9. The molecule has 0 spiro atoms. The van der Waals surface area contributed by atoms with E-state index in [2.05, 4.69) is 5.32 Å². The molecule has 0 aromatic heterocycles. The van der Waals surface area contributed by atoms with Gasteiger partial charge in [-0.25, -0.2) is 4.79 Å². The van der Waals surface area contributed by atoms with Gasteiger partial charge in [-0.15, -0.1) is 0 Å². The third kappa shape index (κ3) is 3.72. The highest BCUT2D eigenvalue weighted by atomic mass is 16.5. The molecule has 6 heteroatoms. The van der Waals surface area contributed by atoms with E-state index in [4.69, 9.17) is 14.9 Å². The molecule has 20 heavy (non-hydrogen) atoms. The molecule has 2 N–H and O–H groups in total. The Morgan fingerprint density at radius 2 is 2.15 bits per heavy atom. The van der Waals surface area contributed by atoms with Crippen LogP contribution >= 0.6 is 0 Å². The standard InChI is InChI=1S/C14H23N3O3/c1-2-20-14(18)12(10-16-11-4-3-5-11)13(15)17-6-8-19-9-7-17/h10-11,15-16H,2-9H2,1H3/b12-10+,15-13?. The topological polar surface area (TPSA) is 74.7 Å². The van der Waals surface area contributed by atoms with Gasteiger partial charge in [0.25, 0.3) is 0 Å². The smallest absolute Gasteiger partial charge is 0.343 e. The summed E-state index contributed by atoms with van der Waals surface area (Å²) in [7, 11) is 0. The molecule has 0 atom stereocenters. The Bertz CT molecular complexity index is 385. The van der Waals surface area contributed by atoms with Crippen molar-refractivity contribution >= 4 is 11.8 Å². The van der Waals surface area contributed by atoms with Gasteiger partial charge in [-0.1, -0.05) is 0 Å². The molecule has 0 unspecified atom stereocenters. The Morgan fingerprint density at radius 1 is 1.45 bits per heavy atom. The summed E-state index contributed by atoms with van der Waals surface area (Å²) in [6.07, 6.45) is 5.12. The van der Waals surface area contributed by atoms with E-state index in [0.29, 0.717) is 44.5 Å². The second kappa shape index (κ2) is 7.28. The number of nitrogens with zero attached hydrogens (tertiary/aromatic N) is 1. The maximum absolute atomic E-state index is 12.0. The molecule has 1 aliphatic heterocycles. The number of ether oxygens (including phenoxy) is 2. The minimum atomic E-state index is -0.434. The molecular weight excluding hydrogens is 258 g/mol. The van der Waals surface area contributed by atoms with Crippen LogP contribution in [0.1, 0.15) is 26.2 Å². The molecule has 112 valence electrons. The zero-order chi connectivity index (χ0) is 14.4. The zero-order valence-electron chi connectivity index (χ0n) is 12.0. The fourth-order valence-electron chi connectivity index (χ4n) is 2.17. The molecule has 1 saturated carbocycles. The summed E-state index contributed by atoms with van der Waals surface area (Å²) < 4.78 is 10.3. The van der Waals surface area contributed by atoms with Crippen molar-refractivity contribution in [3.8, 4) is 0 Å². The van der Waals surface area contributed by atoms with Crippen LogP contribution in [0.15, 0.2) is 11.8 Å². The minimum absolute atomic E-state index is 0.221. The average Bonchev–Trinajstić information content (AvgIpc) is 2.42. The molecular formula is C14H23N3O3. The molecule has 0 amide bonds. The van der Waals surface area contributed by atoms with Gasteiger partial charge in [-0.05, 0) is 26.2 Å². The summed E-state index contributed by atoms with van der Waals surface area (Å²) in [5.74, 6) is -0.214. The van der Waals surface area contributed by atoms with Crippen LogP contribution in [0, 0.1) is 5.41 Å². The lowest BCUT2D eigenvalue weighted by atomic mass is 9.93. The predicted molar refractivity (Wildman–Crippen MR) is 75.6 cm³/mol. The minimum Gasteiger partial charge on any atom is -0.462 e. The van der Waals surface area contributed by atoms with Crippen LogP contribution in [0.5, 0.6) is 0 Å². The number of carbonyl (C=O) groups is 1. The number of morpholine rings is 1. The van der Waals surface area contributed by atoms with E-state index in [1.807, 2.05) is 4.90 Å². The van der Waals surface area contributed by atoms with E-state index in [1.165, 1.54) is 6.42 Å². The SMILES string of the molecule is CCOC(=O)/C(=C/NC1CCC1)C(=N)N1CCOCC1. The lowest BCUT2D eigenvalue weighted by Crippen LogP contribution is -2.43. The van der Waals surface area contributed by atoms with Crippen molar-refractivity contribution in [2.75, 3.05) is 32.9 Å². The molecule has 2 rings (SSSR count). The van der Waals surface area contributed by atoms with Crippen LogP contribution in [-0.2, 0) is 14.3 Å². The van der Waals surface area contributed by atoms with E-state index in [-0.39, 0.29) is 5.84 Å². The van der Waals surface area contributed by atoms with Crippen LogP contribution in [-0.4, -0.2) is 55.7 Å². The lowest BCUT2D eigenvalue weighted by molar-refractivity contribution is -0.138. The highest BCUT2D eigenvalue weighted by molar-refractivity contribution is 6.17. The quantitative estimate of drug-likeness (QED) is 0.339. The molecule has 1 aliphatic carbocycles. The highest BCUT2D eigenvalue weighted by Gasteiger charge is 2.24. The third-order valence-electron chi connectivity index (χ3n) is 3.65. The zero-order valence-corrected chi connectivity index (χ0v) is 12.0. The molecule has 2 aliphatic rings. The van der Waals surface area contributed by atoms with Crippen molar-refractivity contribution in [3.05, 3.63) is 11.8 Å². The highest BCUT2D eigenvalue weighted by Crippen LogP contribution is 2.18. The predicted octanol–water partition coefficient (Wildman–Crippen LogP) is 0.885. The first-order chi connectivity index (χ1) is 9.72. The summed E-state index contributed by atoms with van der Waals surface area (Å²) in [5, 5.41) is 11.4. The Balaban J connectivity index is 2.02. The molecule has 2 fully saturated rings. The number of hydrogen-bond acceptors (Lipinski definition) is 5. The first kappa shape index (κ1) is 14.8. The second-order valence-electron chi connectivity index (χ2n) is 5.02. The van der Waals surface area contributed by atoms with Crippen molar-refractivity contribution in [1.82, 2.24) is 10.2 Å². The van der Waals surface area contributed by atoms with Gasteiger partial charge in [0, 0.05) is 25.3 Å². The van der Waals surface area contributed by atoms with E-state index in [1.54, 1.807) is 13.1 Å². The Labute approximate surface area is 119 Å². The largest absolute Gasteiger partial charge is 0.462 e. The summed E-state index contributed by atoms with van der Waals surface area (Å²) in [6, 6.07) is 0.428. The van der Waals surface area contributed by atoms with Crippen LogP contribution in [0.2, 0.25) is 0 Å². The molecule has 0 radical (unpaired) electrons. The van der Waals surface area contributed by atoms with E-state index < -0.39 is 5.97 Å². The fourth-order valence-corrected chi connectivity index (χ4v) is 2.17. The van der Waals surface area contributed by atoms with E-state index in [0.717, 1.165) is 12.8 Å². The lowest BCUT2D eigenvalue weighted by Gasteiger charge is -2.30. The van der Waals surface area contributed by atoms with Crippen LogP contribution < -0.4 is 5.32 Å². The molecule has 0 aromatic rings. The maximum atomic E-state index is 12.0. The normalized spacial score (nSPS) is 20.2. The number of rotatable bonds is 5. The summed E-state index contributed by atoms with van der Waals surface area (Å²) in [5.41, 5.74) is 0.306. The fraction of sp³-hybridized carbons (Fsp3) is 0.714. The van der Waals surface area contributed by atoms with Crippen LogP contribution in [0.25, 0.3) is 0 Å². The first-order valence-corrected chi connectivity index (χ1v) is 7.27. The molecule has 1 heterocycles. The number of hydrogen-bond donors (Lipinski definition) is 2. The first-order valence-electron chi connectivity index (χ1n) is 7.27. The van der Waals surface area contributed by atoms with Gasteiger partial charge in [-0.2, -0.15) is 0 Å². The van der Waals surface area contributed by atoms with Crippen molar-refractivity contribution in [3.63, 3.8) is 0 Å². The van der Waals surface area contributed by atoms with Crippen molar-refractivity contribution < 1.29 is 14.3 Å². The van der Waals surface area contributed by atoms with Gasteiger partial charge in [0.05, 0.1) is 19.8 Å². The third-order valence-corrected chi connectivity index (χ3v) is 3.65. The maximum Gasteiger partial charge on any atom is 0.343 e. The molecule has 0 bridgehead atoms. The van der Waals surface area contributed by atoms with Crippen LogP contribution in [0.4, 0.5) is 0 Å². The number of carbonyl (C=O) groups excluding carboxylic acids is 1. The number of amidine groups is 1. The Morgan fingerprint density at radius 3 is 2.70 bits per heavy atom. The average molecular weight is 281 g/mol. The second-order valence-corrected chi connectivity index (χ2v) is 5.02. The van der Waals surface area contributed by atoms with Crippen molar-refractivity contribution in [1.29, 1.82) is 5.41 Å². The molecule has 6 nitrogen and oxygen atoms in total.